The second-order valence-electron chi connectivity index (χ2n) is 4.16. The number of hydrogen-bond acceptors (Lipinski definition) is 3. The van der Waals surface area contributed by atoms with Crippen LogP contribution in [0.4, 0.5) is 0 Å². The highest BCUT2D eigenvalue weighted by Crippen LogP contribution is 2.43. The van der Waals surface area contributed by atoms with Crippen LogP contribution >= 0.6 is 11.8 Å². The van der Waals surface area contributed by atoms with E-state index in [1.54, 1.807) is 7.11 Å². The van der Waals surface area contributed by atoms with Gasteiger partial charge in [0, 0.05) is 16.0 Å². The van der Waals surface area contributed by atoms with E-state index in [1.165, 1.54) is 11.8 Å². The average molecular weight is 268 g/mol. The van der Waals surface area contributed by atoms with Crippen molar-refractivity contribution in [3.8, 4) is 0 Å². The molecule has 0 unspecified atom stereocenters. The summed E-state index contributed by atoms with van der Waals surface area (Å²) in [5, 5.41) is 0. The standard InChI is InChI=1S/C16H12O2S/c1-18-15(11-7-3-2-4-8-11)16-14(17)12-9-5-6-10-13(12)19-16/h2-10H,1H3. The molecule has 0 spiro atoms. The van der Waals surface area contributed by atoms with E-state index in [9.17, 15) is 4.79 Å². The van der Waals surface area contributed by atoms with Crippen LogP contribution in [0, 0.1) is 0 Å². The molecule has 0 radical (unpaired) electrons. The molecule has 2 nitrogen and oxygen atoms in total. The Morgan fingerprint density at radius 3 is 2.37 bits per heavy atom. The third kappa shape index (κ3) is 2.06. The second kappa shape index (κ2) is 4.94. The van der Waals surface area contributed by atoms with Crippen LogP contribution in [0.15, 0.2) is 64.4 Å². The van der Waals surface area contributed by atoms with Crippen LogP contribution in [0.1, 0.15) is 15.9 Å². The highest BCUT2D eigenvalue weighted by atomic mass is 32.2. The minimum Gasteiger partial charge on any atom is -0.495 e. The largest absolute Gasteiger partial charge is 0.495 e. The Hall–Kier alpha value is -2.00. The van der Waals surface area contributed by atoms with Crippen molar-refractivity contribution in [1.29, 1.82) is 0 Å². The monoisotopic (exact) mass is 268 g/mol. The van der Waals surface area contributed by atoms with Crippen LogP contribution in [0.25, 0.3) is 5.76 Å². The van der Waals surface area contributed by atoms with E-state index in [1.807, 2.05) is 54.6 Å². The Morgan fingerprint density at radius 1 is 1.00 bits per heavy atom. The molecule has 0 aliphatic carbocycles. The first kappa shape index (κ1) is 12.1. The summed E-state index contributed by atoms with van der Waals surface area (Å²) in [6.45, 7) is 0. The number of benzene rings is 2. The molecule has 3 rings (SSSR count). The van der Waals surface area contributed by atoms with Gasteiger partial charge in [0.05, 0.1) is 7.11 Å². The first-order valence-corrected chi connectivity index (χ1v) is 6.78. The van der Waals surface area contributed by atoms with E-state index in [0.717, 1.165) is 16.0 Å². The van der Waals surface area contributed by atoms with Crippen LogP contribution in [-0.4, -0.2) is 12.9 Å². The molecule has 0 fully saturated rings. The Bertz CT molecular complexity index is 659. The number of Topliss-reactive ketones (excluding diaryl/α,β-unsaturated/α-hetero) is 1. The number of hydrogen-bond donors (Lipinski definition) is 0. The zero-order valence-corrected chi connectivity index (χ0v) is 11.2. The summed E-state index contributed by atoms with van der Waals surface area (Å²) in [6, 6.07) is 17.4. The van der Waals surface area contributed by atoms with Gasteiger partial charge in [-0.05, 0) is 12.1 Å². The van der Waals surface area contributed by atoms with Crippen molar-refractivity contribution in [3.05, 3.63) is 70.6 Å². The van der Waals surface area contributed by atoms with Gasteiger partial charge in [-0.1, -0.05) is 54.2 Å². The van der Waals surface area contributed by atoms with Crippen molar-refractivity contribution in [2.45, 2.75) is 4.90 Å². The molecule has 3 heteroatoms. The predicted octanol–water partition coefficient (Wildman–Crippen LogP) is 3.99. The molecule has 0 N–H and O–H groups in total. The molecule has 94 valence electrons. The maximum Gasteiger partial charge on any atom is 0.204 e. The van der Waals surface area contributed by atoms with E-state index in [-0.39, 0.29) is 5.78 Å². The maximum atomic E-state index is 12.4. The summed E-state index contributed by atoms with van der Waals surface area (Å²) < 4.78 is 5.46. The molecular formula is C16H12O2S. The van der Waals surface area contributed by atoms with Gasteiger partial charge in [0.1, 0.15) is 10.7 Å². The van der Waals surface area contributed by atoms with Crippen molar-refractivity contribution in [1.82, 2.24) is 0 Å². The average Bonchev–Trinajstić information content (AvgIpc) is 2.79. The third-order valence-corrected chi connectivity index (χ3v) is 4.15. The van der Waals surface area contributed by atoms with Gasteiger partial charge in [-0.15, -0.1) is 0 Å². The first-order valence-electron chi connectivity index (χ1n) is 5.96. The van der Waals surface area contributed by atoms with Crippen LogP contribution in [0.2, 0.25) is 0 Å². The number of methoxy groups -OCH3 is 1. The highest BCUT2D eigenvalue weighted by Gasteiger charge is 2.29. The summed E-state index contributed by atoms with van der Waals surface area (Å²) in [5.74, 6) is 0.688. The van der Waals surface area contributed by atoms with Gasteiger partial charge in [-0.2, -0.15) is 0 Å². The van der Waals surface area contributed by atoms with Crippen LogP contribution in [-0.2, 0) is 4.74 Å². The first-order chi connectivity index (χ1) is 9.31. The molecule has 0 amide bonds. The zero-order chi connectivity index (χ0) is 13.2. The number of ketones is 1. The predicted molar refractivity (Wildman–Crippen MR) is 77.0 cm³/mol. The van der Waals surface area contributed by atoms with Crippen molar-refractivity contribution in [3.63, 3.8) is 0 Å². The van der Waals surface area contributed by atoms with Gasteiger partial charge in [-0.3, -0.25) is 4.79 Å². The SMILES string of the molecule is COC(=C1Sc2ccccc2C1=O)c1ccccc1. The molecule has 0 saturated heterocycles. The summed E-state index contributed by atoms with van der Waals surface area (Å²) >= 11 is 1.48. The van der Waals surface area contributed by atoms with Crippen molar-refractivity contribution < 1.29 is 9.53 Å². The lowest BCUT2D eigenvalue weighted by molar-refractivity contribution is 0.104. The van der Waals surface area contributed by atoms with Gasteiger partial charge in [0.15, 0.2) is 0 Å². The lowest BCUT2D eigenvalue weighted by Crippen LogP contribution is -1.99. The summed E-state index contributed by atoms with van der Waals surface area (Å²) in [4.78, 5) is 14.1. The molecule has 1 aliphatic heterocycles. The summed E-state index contributed by atoms with van der Waals surface area (Å²) in [6.07, 6.45) is 0. The fourth-order valence-corrected chi connectivity index (χ4v) is 3.24. The molecular weight excluding hydrogens is 256 g/mol. The number of allylic oxidation sites excluding steroid dienone is 1. The van der Waals surface area contributed by atoms with Crippen molar-refractivity contribution >= 4 is 23.3 Å². The number of carbonyl (C=O) groups excluding carboxylic acids is 1. The van der Waals surface area contributed by atoms with Gasteiger partial charge in [0.2, 0.25) is 5.78 Å². The van der Waals surface area contributed by atoms with E-state index >= 15 is 0 Å². The molecule has 2 aromatic carbocycles. The molecule has 0 aromatic heterocycles. The van der Waals surface area contributed by atoms with E-state index in [2.05, 4.69) is 0 Å². The van der Waals surface area contributed by atoms with Crippen LogP contribution in [0.5, 0.6) is 0 Å². The fourth-order valence-electron chi connectivity index (χ4n) is 2.10. The van der Waals surface area contributed by atoms with E-state index < -0.39 is 0 Å². The Kier molecular flexibility index (Phi) is 3.13. The highest BCUT2D eigenvalue weighted by molar-refractivity contribution is 8.05. The Morgan fingerprint density at radius 2 is 1.68 bits per heavy atom. The van der Waals surface area contributed by atoms with Crippen LogP contribution < -0.4 is 0 Å². The van der Waals surface area contributed by atoms with Crippen molar-refractivity contribution in [2.24, 2.45) is 0 Å². The molecule has 0 saturated carbocycles. The number of rotatable bonds is 2. The number of thioether (sulfide) groups is 1. The Labute approximate surface area is 116 Å². The molecule has 0 bridgehead atoms. The normalized spacial score (nSPS) is 16.2. The fraction of sp³-hybridized carbons (Fsp3) is 0.0625. The van der Waals surface area contributed by atoms with E-state index in [4.69, 9.17) is 4.74 Å². The zero-order valence-electron chi connectivity index (χ0n) is 10.4. The third-order valence-electron chi connectivity index (χ3n) is 3.00. The van der Waals surface area contributed by atoms with Crippen molar-refractivity contribution in [2.75, 3.05) is 7.11 Å². The molecule has 19 heavy (non-hydrogen) atoms. The smallest absolute Gasteiger partial charge is 0.204 e. The van der Waals surface area contributed by atoms with Gasteiger partial charge in [0.25, 0.3) is 0 Å². The van der Waals surface area contributed by atoms with Gasteiger partial charge >= 0.3 is 0 Å². The van der Waals surface area contributed by atoms with E-state index in [0.29, 0.717) is 10.7 Å². The number of ether oxygens (including phenoxy) is 1. The second-order valence-corrected chi connectivity index (χ2v) is 5.21. The minimum atomic E-state index is 0.0429. The maximum absolute atomic E-state index is 12.4. The molecule has 1 heterocycles. The molecule has 1 aliphatic rings. The number of carbonyl (C=O) groups is 1. The summed E-state index contributed by atoms with van der Waals surface area (Å²) in [5.41, 5.74) is 1.68. The number of fused-ring (bicyclic) bond motifs is 1. The van der Waals surface area contributed by atoms with Gasteiger partial charge < -0.3 is 4.74 Å². The summed E-state index contributed by atoms with van der Waals surface area (Å²) in [7, 11) is 1.60. The van der Waals surface area contributed by atoms with Gasteiger partial charge in [-0.25, -0.2) is 0 Å². The minimum absolute atomic E-state index is 0.0429. The van der Waals surface area contributed by atoms with Crippen LogP contribution in [0.3, 0.4) is 0 Å². The molecule has 2 aromatic rings. The lowest BCUT2D eigenvalue weighted by Gasteiger charge is -2.08. The lowest BCUT2D eigenvalue weighted by atomic mass is 10.1. The quantitative estimate of drug-likeness (QED) is 0.608. The molecule has 0 atom stereocenters. The Balaban J connectivity index is 2.12. The topological polar surface area (TPSA) is 26.3 Å².